The Bertz CT molecular complexity index is 537. The Morgan fingerprint density at radius 3 is 2.19 bits per heavy atom. The number of carbonyl (C=O) groups is 1. The first-order valence-corrected chi connectivity index (χ1v) is 9.87. The molecule has 1 aromatic carbocycles. The Hall–Kier alpha value is -1.97. The molecule has 4 nitrogen and oxygen atoms in total. The first kappa shape index (κ1) is 22.1. The van der Waals surface area contributed by atoms with Crippen LogP contribution in [0.4, 0.5) is 0 Å². The van der Waals surface area contributed by atoms with Crippen molar-refractivity contribution in [1.29, 1.82) is 0 Å². The molecule has 0 radical (unpaired) electrons. The van der Waals surface area contributed by atoms with Gasteiger partial charge in [0.25, 0.3) is 0 Å². The quantitative estimate of drug-likeness (QED) is 0.239. The van der Waals surface area contributed by atoms with Crippen LogP contribution in [0.1, 0.15) is 70.8 Å². The van der Waals surface area contributed by atoms with E-state index >= 15 is 0 Å². The summed E-state index contributed by atoms with van der Waals surface area (Å²) < 4.78 is 16.5. The van der Waals surface area contributed by atoms with Crippen LogP contribution in [0, 0.1) is 0 Å². The summed E-state index contributed by atoms with van der Waals surface area (Å²) in [7, 11) is 1.37. The highest BCUT2D eigenvalue weighted by molar-refractivity contribution is 5.87. The molecule has 0 saturated carbocycles. The zero-order valence-electron chi connectivity index (χ0n) is 16.6. The van der Waals surface area contributed by atoms with Crippen molar-refractivity contribution in [2.24, 2.45) is 0 Å². The van der Waals surface area contributed by atoms with Crippen molar-refractivity contribution in [3.63, 3.8) is 0 Å². The lowest BCUT2D eigenvalue weighted by molar-refractivity contribution is -0.134. The Morgan fingerprint density at radius 2 is 1.58 bits per heavy atom. The molecule has 0 heterocycles. The van der Waals surface area contributed by atoms with Gasteiger partial charge in [0.05, 0.1) is 20.3 Å². The van der Waals surface area contributed by atoms with Crippen molar-refractivity contribution in [3.05, 3.63) is 29.8 Å². The van der Waals surface area contributed by atoms with Gasteiger partial charge in [0, 0.05) is 17.7 Å². The van der Waals surface area contributed by atoms with Crippen molar-refractivity contribution in [3.8, 4) is 11.5 Å². The van der Waals surface area contributed by atoms with Crippen molar-refractivity contribution in [2.45, 2.75) is 65.2 Å². The van der Waals surface area contributed by atoms with E-state index in [9.17, 15) is 4.79 Å². The van der Waals surface area contributed by atoms with Gasteiger partial charge < -0.3 is 14.2 Å². The highest BCUT2D eigenvalue weighted by Crippen LogP contribution is 2.27. The lowest BCUT2D eigenvalue weighted by Gasteiger charge is -2.12. The lowest BCUT2D eigenvalue weighted by Crippen LogP contribution is -2.01. The van der Waals surface area contributed by atoms with Crippen LogP contribution in [-0.2, 0) is 9.53 Å². The molecule has 0 saturated heterocycles. The predicted octanol–water partition coefficient (Wildman–Crippen LogP) is 5.79. The Balaban J connectivity index is 2.68. The fourth-order valence-corrected chi connectivity index (χ4v) is 2.52. The molecular formula is C22H34O4. The zero-order valence-corrected chi connectivity index (χ0v) is 16.6. The number of hydrogen-bond donors (Lipinski definition) is 0. The third kappa shape index (κ3) is 9.50. The molecular weight excluding hydrogens is 328 g/mol. The van der Waals surface area contributed by atoms with Crippen molar-refractivity contribution < 1.29 is 19.0 Å². The van der Waals surface area contributed by atoms with Crippen LogP contribution in [-0.4, -0.2) is 26.3 Å². The smallest absolute Gasteiger partial charge is 0.330 e. The summed E-state index contributed by atoms with van der Waals surface area (Å²) in [6.07, 6.45) is 12.5. The maximum absolute atomic E-state index is 11.3. The van der Waals surface area contributed by atoms with E-state index in [1.807, 2.05) is 18.2 Å². The molecule has 0 amide bonds. The molecule has 1 aromatic rings. The van der Waals surface area contributed by atoms with Gasteiger partial charge in [-0.3, -0.25) is 0 Å². The maximum atomic E-state index is 11.3. The maximum Gasteiger partial charge on any atom is 0.330 e. The number of carbonyl (C=O) groups excluding carboxylic acids is 1. The van der Waals surface area contributed by atoms with Crippen LogP contribution >= 0.6 is 0 Å². The lowest BCUT2D eigenvalue weighted by atomic mass is 10.1. The van der Waals surface area contributed by atoms with Crippen LogP contribution in [0.3, 0.4) is 0 Å². The first-order valence-electron chi connectivity index (χ1n) is 9.87. The van der Waals surface area contributed by atoms with Crippen LogP contribution in [0.2, 0.25) is 0 Å². The molecule has 4 heteroatoms. The topological polar surface area (TPSA) is 44.8 Å². The minimum Gasteiger partial charge on any atom is -0.493 e. The second kappa shape index (κ2) is 14.2. The van der Waals surface area contributed by atoms with Gasteiger partial charge in [-0.1, -0.05) is 52.4 Å². The third-order valence-corrected chi connectivity index (χ3v) is 4.11. The van der Waals surface area contributed by atoms with Gasteiger partial charge in [-0.15, -0.1) is 0 Å². The van der Waals surface area contributed by atoms with Crippen LogP contribution in [0.15, 0.2) is 24.3 Å². The largest absolute Gasteiger partial charge is 0.493 e. The predicted molar refractivity (Wildman–Crippen MR) is 107 cm³/mol. The van der Waals surface area contributed by atoms with Gasteiger partial charge in [0.15, 0.2) is 0 Å². The Kier molecular flexibility index (Phi) is 12.1. The summed E-state index contributed by atoms with van der Waals surface area (Å²) in [5, 5.41) is 0. The Labute approximate surface area is 158 Å². The number of unbranched alkanes of at least 4 members (excludes halogenated alkanes) is 6. The van der Waals surface area contributed by atoms with E-state index in [-0.39, 0.29) is 5.97 Å². The molecule has 0 aliphatic rings. The molecule has 0 bridgehead atoms. The molecule has 0 N–H and O–H groups in total. The minimum atomic E-state index is -0.379. The summed E-state index contributed by atoms with van der Waals surface area (Å²) >= 11 is 0. The second-order valence-electron chi connectivity index (χ2n) is 6.37. The number of methoxy groups -OCH3 is 1. The number of ether oxygens (including phenoxy) is 3. The third-order valence-electron chi connectivity index (χ3n) is 4.11. The molecule has 1 rings (SSSR count). The number of esters is 1. The number of benzene rings is 1. The average molecular weight is 363 g/mol. The van der Waals surface area contributed by atoms with E-state index in [1.165, 1.54) is 45.3 Å². The number of hydrogen-bond acceptors (Lipinski definition) is 4. The van der Waals surface area contributed by atoms with Crippen molar-refractivity contribution in [2.75, 3.05) is 20.3 Å². The van der Waals surface area contributed by atoms with Gasteiger partial charge >= 0.3 is 5.97 Å². The van der Waals surface area contributed by atoms with Crippen molar-refractivity contribution >= 4 is 12.0 Å². The summed E-state index contributed by atoms with van der Waals surface area (Å²) in [6.45, 7) is 5.77. The molecule has 0 aliphatic carbocycles. The van der Waals surface area contributed by atoms with Gasteiger partial charge in [-0.2, -0.15) is 0 Å². The van der Waals surface area contributed by atoms with Crippen LogP contribution in [0.25, 0.3) is 6.08 Å². The molecule has 0 aliphatic heterocycles. The van der Waals surface area contributed by atoms with Gasteiger partial charge in [-0.05, 0) is 31.1 Å². The van der Waals surface area contributed by atoms with E-state index in [2.05, 4.69) is 18.6 Å². The van der Waals surface area contributed by atoms with Gasteiger partial charge in [-0.25, -0.2) is 4.79 Å². The summed E-state index contributed by atoms with van der Waals surface area (Å²) in [4.78, 5) is 11.3. The van der Waals surface area contributed by atoms with E-state index in [1.54, 1.807) is 6.08 Å². The van der Waals surface area contributed by atoms with E-state index in [0.29, 0.717) is 13.2 Å². The standard InChI is InChI=1S/C22H34O4/c1-4-6-8-10-16-25-20-14-12-19(13-15-22(23)24-3)21(18-20)26-17-11-9-7-5-2/h12-15,18H,4-11,16-17H2,1-3H3. The van der Waals surface area contributed by atoms with E-state index in [4.69, 9.17) is 9.47 Å². The molecule has 26 heavy (non-hydrogen) atoms. The molecule has 0 aromatic heterocycles. The monoisotopic (exact) mass is 362 g/mol. The van der Waals surface area contributed by atoms with Crippen molar-refractivity contribution in [1.82, 2.24) is 0 Å². The molecule has 0 atom stereocenters. The van der Waals surface area contributed by atoms with E-state index < -0.39 is 0 Å². The second-order valence-corrected chi connectivity index (χ2v) is 6.37. The minimum absolute atomic E-state index is 0.379. The summed E-state index contributed by atoms with van der Waals surface area (Å²) in [5.41, 5.74) is 0.851. The first-order chi connectivity index (χ1) is 12.7. The molecule has 0 unspecified atom stereocenters. The number of rotatable bonds is 14. The zero-order chi connectivity index (χ0) is 19.0. The van der Waals surface area contributed by atoms with Gasteiger partial charge in [0.2, 0.25) is 0 Å². The molecule has 0 fully saturated rings. The SMILES string of the molecule is CCCCCCOc1ccc(C=CC(=O)OC)c(OCCCCCC)c1. The summed E-state index contributed by atoms with van der Waals surface area (Å²) in [5.74, 6) is 1.17. The molecule has 146 valence electrons. The fraction of sp³-hybridized carbons (Fsp3) is 0.591. The van der Waals surface area contributed by atoms with Crippen LogP contribution < -0.4 is 9.47 Å². The Morgan fingerprint density at radius 1 is 0.923 bits per heavy atom. The highest BCUT2D eigenvalue weighted by Gasteiger charge is 2.06. The van der Waals surface area contributed by atoms with Crippen LogP contribution in [0.5, 0.6) is 11.5 Å². The average Bonchev–Trinajstić information content (AvgIpc) is 2.66. The summed E-state index contributed by atoms with van der Waals surface area (Å²) in [6, 6.07) is 5.75. The molecule has 0 spiro atoms. The fourth-order valence-electron chi connectivity index (χ4n) is 2.52. The van der Waals surface area contributed by atoms with Gasteiger partial charge in [0.1, 0.15) is 11.5 Å². The normalized spacial score (nSPS) is 10.9. The highest BCUT2D eigenvalue weighted by atomic mass is 16.5. The van der Waals surface area contributed by atoms with E-state index in [0.717, 1.165) is 36.3 Å².